The number of piperidine rings is 1. The van der Waals surface area contributed by atoms with E-state index in [2.05, 4.69) is 6.07 Å². The molecule has 2 aliphatic rings. The van der Waals surface area contributed by atoms with E-state index in [1.165, 1.54) is 0 Å². The van der Waals surface area contributed by atoms with Crippen LogP contribution in [0.1, 0.15) is 34.0 Å². The first kappa shape index (κ1) is 20.1. The van der Waals surface area contributed by atoms with Crippen molar-refractivity contribution in [2.24, 2.45) is 5.92 Å². The largest absolute Gasteiger partial charge is 0.497 e. The van der Waals surface area contributed by atoms with Gasteiger partial charge in [0.25, 0.3) is 11.5 Å². The molecule has 0 N–H and O–H groups in total. The fourth-order valence-electron chi connectivity index (χ4n) is 5.07. The summed E-state index contributed by atoms with van der Waals surface area (Å²) in [7, 11) is 1.64. The third-order valence-electron chi connectivity index (χ3n) is 6.54. The Kier molecular flexibility index (Phi) is 5.02. The zero-order valence-electron chi connectivity index (χ0n) is 17.8. The van der Waals surface area contributed by atoms with E-state index in [0.717, 1.165) is 29.0 Å². The quantitative estimate of drug-likeness (QED) is 0.642. The first-order chi connectivity index (χ1) is 15.6. The van der Waals surface area contributed by atoms with Crippen LogP contribution in [0.5, 0.6) is 5.75 Å². The molecule has 3 aromatic rings. The molecule has 2 bridgehead atoms. The lowest BCUT2D eigenvalue weighted by Gasteiger charge is -2.43. The van der Waals surface area contributed by atoms with Crippen LogP contribution >= 0.6 is 0 Å². The molecular weight excluding hydrogens is 402 g/mol. The second-order valence-electron chi connectivity index (χ2n) is 8.51. The number of nitriles is 1. The van der Waals surface area contributed by atoms with Crippen LogP contribution in [-0.2, 0) is 6.54 Å². The lowest BCUT2D eigenvalue weighted by Crippen LogP contribution is -2.49. The van der Waals surface area contributed by atoms with Crippen molar-refractivity contribution in [1.29, 1.82) is 5.26 Å². The van der Waals surface area contributed by atoms with E-state index in [1.807, 2.05) is 39.8 Å². The molecule has 160 valence electrons. The van der Waals surface area contributed by atoms with Crippen LogP contribution in [0, 0.1) is 17.2 Å². The molecule has 3 heterocycles. The normalized spacial score (nSPS) is 19.1. The average Bonchev–Trinajstić information content (AvgIpc) is 2.84. The summed E-state index contributed by atoms with van der Waals surface area (Å²) in [6, 6.07) is 20.3. The Bertz CT molecular complexity index is 1270. The van der Waals surface area contributed by atoms with E-state index < -0.39 is 0 Å². The Balaban J connectivity index is 1.50. The van der Waals surface area contributed by atoms with Crippen molar-refractivity contribution in [3.8, 4) is 22.9 Å². The molecule has 2 atom stereocenters. The minimum absolute atomic E-state index is 0.0128. The minimum atomic E-state index is -0.0260. The van der Waals surface area contributed by atoms with Gasteiger partial charge in [-0.25, -0.2) is 0 Å². The lowest BCUT2D eigenvalue weighted by molar-refractivity contribution is 0.0595. The van der Waals surface area contributed by atoms with Gasteiger partial charge in [-0.3, -0.25) is 9.59 Å². The molecule has 0 saturated carbocycles. The summed E-state index contributed by atoms with van der Waals surface area (Å²) in [5.74, 6) is 1.10. The molecule has 6 heteroatoms. The topological polar surface area (TPSA) is 75.3 Å². The molecule has 2 aliphatic heterocycles. The van der Waals surface area contributed by atoms with Gasteiger partial charge in [-0.05, 0) is 60.4 Å². The van der Waals surface area contributed by atoms with E-state index in [4.69, 9.17) is 10.00 Å². The fraction of sp³-hybridized carbons (Fsp3) is 0.269. The van der Waals surface area contributed by atoms with Gasteiger partial charge in [-0.1, -0.05) is 12.1 Å². The van der Waals surface area contributed by atoms with Gasteiger partial charge in [-0.2, -0.15) is 5.26 Å². The number of amides is 1. The van der Waals surface area contributed by atoms with Crippen LogP contribution in [-0.4, -0.2) is 35.6 Å². The highest BCUT2D eigenvalue weighted by molar-refractivity contribution is 5.94. The number of fused-ring (bicyclic) bond motifs is 4. The lowest BCUT2D eigenvalue weighted by atomic mass is 9.80. The van der Waals surface area contributed by atoms with Gasteiger partial charge < -0.3 is 14.2 Å². The van der Waals surface area contributed by atoms with E-state index in [1.54, 1.807) is 37.4 Å². The zero-order chi connectivity index (χ0) is 22.2. The second kappa shape index (κ2) is 8.01. The Morgan fingerprint density at radius 1 is 1.00 bits per heavy atom. The number of methoxy groups -OCH3 is 1. The number of rotatable bonds is 3. The number of aromatic nitrogens is 1. The van der Waals surface area contributed by atoms with Crippen LogP contribution in [0.4, 0.5) is 0 Å². The molecule has 6 nitrogen and oxygen atoms in total. The van der Waals surface area contributed by atoms with Gasteiger partial charge in [0.1, 0.15) is 5.75 Å². The van der Waals surface area contributed by atoms with Crippen molar-refractivity contribution in [1.82, 2.24) is 9.47 Å². The third kappa shape index (κ3) is 3.46. The molecule has 1 aromatic heterocycles. The smallest absolute Gasteiger partial charge is 0.253 e. The fourth-order valence-corrected chi connectivity index (χ4v) is 5.07. The Hall–Kier alpha value is -3.85. The third-order valence-corrected chi connectivity index (χ3v) is 6.54. The summed E-state index contributed by atoms with van der Waals surface area (Å²) in [5, 5.41) is 9.01. The van der Waals surface area contributed by atoms with Crippen molar-refractivity contribution >= 4 is 5.91 Å². The first-order valence-corrected chi connectivity index (χ1v) is 10.7. The van der Waals surface area contributed by atoms with Gasteiger partial charge in [0.05, 0.1) is 18.7 Å². The molecule has 32 heavy (non-hydrogen) atoms. The second-order valence-corrected chi connectivity index (χ2v) is 8.51. The number of hydrogen-bond donors (Lipinski definition) is 0. The zero-order valence-corrected chi connectivity index (χ0v) is 17.8. The maximum absolute atomic E-state index is 13.2. The van der Waals surface area contributed by atoms with E-state index in [9.17, 15) is 9.59 Å². The number of carbonyl (C=O) groups is 1. The van der Waals surface area contributed by atoms with Crippen LogP contribution in [0.3, 0.4) is 0 Å². The van der Waals surface area contributed by atoms with Crippen molar-refractivity contribution in [2.75, 3.05) is 20.2 Å². The molecule has 5 rings (SSSR count). The number of hydrogen-bond acceptors (Lipinski definition) is 4. The first-order valence-electron chi connectivity index (χ1n) is 10.7. The van der Waals surface area contributed by atoms with Gasteiger partial charge >= 0.3 is 0 Å². The highest BCUT2D eigenvalue weighted by atomic mass is 16.5. The standard InChI is InChI=1S/C26H23N3O3/c1-32-22-8-6-19(7-9-22)23-10-11-24(30)29-15-18-12-21(25(23)29)16-28(14-18)26(31)20-4-2-17(13-27)3-5-20/h2-11,18,21H,12,14-16H2,1H3. The number of ether oxygens (including phenoxy) is 1. The Morgan fingerprint density at radius 3 is 2.44 bits per heavy atom. The summed E-state index contributed by atoms with van der Waals surface area (Å²) < 4.78 is 7.19. The maximum atomic E-state index is 13.2. The molecule has 1 saturated heterocycles. The van der Waals surface area contributed by atoms with Crippen molar-refractivity contribution in [3.63, 3.8) is 0 Å². The molecule has 2 aromatic carbocycles. The molecule has 0 radical (unpaired) electrons. The minimum Gasteiger partial charge on any atom is -0.497 e. The van der Waals surface area contributed by atoms with Gasteiger partial charge in [0, 0.05) is 48.4 Å². The highest BCUT2D eigenvalue weighted by Crippen LogP contribution is 2.40. The van der Waals surface area contributed by atoms with Gasteiger partial charge in [0.2, 0.25) is 0 Å². The molecule has 1 fully saturated rings. The summed E-state index contributed by atoms with van der Waals surface area (Å²) in [6.45, 7) is 1.82. The SMILES string of the molecule is COc1ccc(-c2ccc(=O)n3c2C2CC(CN(C(=O)c4ccc(C#N)cc4)C2)C3)cc1. The van der Waals surface area contributed by atoms with Crippen molar-refractivity contribution in [2.45, 2.75) is 18.9 Å². The molecule has 1 amide bonds. The van der Waals surface area contributed by atoms with E-state index in [-0.39, 0.29) is 23.3 Å². The summed E-state index contributed by atoms with van der Waals surface area (Å²) in [5.41, 5.74) is 4.21. The predicted molar refractivity (Wildman–Crippen MR) is 121 cm³/mol. The van der Waals surface area contributed by atoms with Gasteiger partial charge in [0.15, 0.2) is 0 Å². The summed E-state index contributed by atoms with van der Waals surface area (Å²) in [4.78, 5) is 27.8. The number of pyridine rings is 1. The van der Waals surface area contributed by atoms with Crippen LogP contribution < -0.4 is 10.3 Å². The molecular formula is C26H23N3O3. The number of carbonyl (C=O) groups excluding carboxylic acids is 1. The Labute approximate surface area is 186 Å². The molecule has 0 spiro atoms. The van der Waals surface area contributed by atoms with Crippen LogP contribution in [0.2, 0.25) is 0 Å². The predicted octanol–water partition coefficient (Wildman–Crippen LogP) is 3.66. The van der Waals surface area contributed by atoms with E-state index in [0.29, 0.717) is 30.8 Å². The average molecular weight is 425 g/mol. The van der Waals surface area contributed by atoms with Crippen LogP contribution in [0.15, 0.2) is 65.5 Å². The Morgan fingerprint density at radius 2 is 1.75 bits per heavy atom. The summed E-state index contributed by atoms with van der Waals surface area (Å²) >= 11 is 0. The monoisotopic (exact) mass is 425 g/mol. The van der Waals surface area contributed by atoms with Crippen molar-refractivity contribution in [3.05, 3.63) is 87.8 Å². The van der Waals surface area contributed by atoms with E-state index >= 15 is 0 Å². The number of likely N-dealkylation sites (tertiary alicyclic amines) is 1. The number of nitrogens with zero attached hydrogens (tertiary/aromatic N) is 3. The molecule has 2 unspecified atom stereocenters. The maximum Gasteiger partial charge on any atom is 0.253 e. The molecule has 0 aliphatic carbocycles. The highest BCUT2D eigenvalue weighted by Gasteiger charge is 2.38. The van der Waals surface area contributed by atoms with Crippen LogP contribution in [0.25, 0.3) is 11.1 Å². The number of benzene rings is 2. The van der Waals surface area contributed by atoms with Gasteiger partial charge in [-0.15, -0.1) is 0 Å². The summed E-state index contributed by atoms with van der Waals surface area (Å²) in [6.07, 6.45) is 0.962. The van der Waals surface area contributed by atoms with Crippen molar-refractivity contribution < 1.29 is 9.53 Å².